The summed E-state index contributed by atoms with van der Waals surface area (Å²) in [5.41, 5.74) is 0. The van der Waals surface area contributed by atoms with E-state index in [0.29, 0.717) is 0 Å². The van der Waals surface area contributed by atoms with E-state index >= 15 is 0 Å². The fourth-order valence-corrected chi connectivity index (χ4v) is 1.06. The molecular formula is C8H12O2S. The standard InChI is InChI=1S/C8H12O2S/c1-9-7-3-5-8(11,10-2)6-4-7/h3-5,11H,6H2,1-2H3. The molecule has 0 bridgehead atoms. The minimum absolute atomic E-state index is 0.442. The van der Waals surface area contributed by atoms with Crippen molar-refractivity contribution in [2.24, 2.45) is 0 Å². The van der Waals surface area contributed by atoms with Crippen LogP contribution in [0.1, 0.15) is 6.42 Å². The first-order chi connectivity index (χ1) is 5.20. The summed E-state index contributed by atoms with van der Waals surface area (Å²) in [6, 6.07) is 0. The molecule has 0 fully saturated rings. The molecule has 0 radical (unpaired) electrons. The second-order valence-electron chi connectivity index (χ2n) is 2.40. The third kappa shape index (κ3) is 2.01. The van der Waals surface area contributed by atoms with E-state index in [1.54, 1.807) is 14.2 Å². The van der Waals surface area contributed by atoms with Crippen LogP contribution in [0.2, 0.25) is 0 Å². The normalized spacial score (nSPS) is 29.9. The Morgan fingerprint density at radius 3 is 2.64 bits per heavy atom. The van der Waals surface area contributed by atoms with Gasteiger partial charge in [0.1, 0.15) is 10.7 Å². The van der Waals surface area contributed by atoms with E-state index < -0.39 is 4.93 Å². The summed E-state index contributed by atoms with van der Waals surface area (Å²) >= 11 is 4.32. The first kappa shape index (κ1) is 8.68. The maximum atomic E-state index is 5.15. The summed E-state index contributed by atoms with van der Waals surface area (Å²) in [4.78, 5) is -0.442. The van der Waals surface area contributed by atoms with Crippen LogP contribution in [0.3, 0.4) is 0 Å². The zero-order valence-corrected chi connectivity index (χ0v) is 7.60. The minimum atomic E-state index is -0.442. The van der Waals surface area contributed by atoms with Gasteiger partial charge < -0.3 is 9.47 Å². The Labute approximate surface area is 72.3 Å². The quantitative estimate of drug-likeness (QED) is 0.505. The smallest absolute Gasteiger partial charge is 0.133 e. The van der Waals surface area contributed by atoms with E-state index in [9.17, 15) is 0 Å². The van der Waals surface area contributed by atoms with Crippen LogP contribution in [0.5, 0.6) is 0 Å². The van der Waals surface area contributed by atoms with Crippen molar-refractivity contribution in [2.75, 3.05) is 14.2 Å². The highest BCUT2D eigenvalue weighted by molar-refractivity contribution is 7.81. The van der Waals surface area contributed by atoms with E-state index in [1.807, 2.05) is 18.2 Å². The number of thiol groups is 1. The summed E-state index contributed by atoms with van der Waals surface area (Å²) in [6.07, 6.45) is 6.44. The van der Waals surface area contributed by atoms with Crippen molar-refractivity contribution < 1.29 is 9.47 Å². The molecule has 0 amide bonds. The maximum Gasteiger partial charge on any atom is 0.133 e. The van der Waals surface area contributed by atoms with Crippen molar-refractivity contribution in [3.05, 3.63) is 24.0 Å². The molecule has 0 aromatic rings. The van der Waals surface area contributed by atoms with Crippen LogP contribution in [0.4, 0.5) is 0 Å². The predicted octanol–water partition coefficient (Wildman–Crippen LogP) is 1.75. The van der Waals surface area contributed by atoms with Crippen LogP contribution >= 0.6 is 12.6 Å². The number of rotatable bonds is 2. The van der Waals surface area contributed by atoms with Crippen molar-refractivity contribution in [2.45, 2.75) is 11.4 Å². The highest BCUT2D eigenvalue weighted by Crippen LogP contribution is 2.27. The Morgan fingerprint density at radius 2 is 2.27 bits per heavy atom. The lowest BCUT2D eigenvalue weighted by atomic mass is 10.1. The molecule has 62 valence electrons. The monoisotopic (exact) mass is 172 g/mol. The van der Waals surface area contributed by atoms with Gasteiger partial charge in [-0.2, -0.15) is 0 Å². The van der Waals surface area contributed by atoms with Gasteiger partial charge in [0.2, 0.25) is 0 Å². The van der Waals surface area contributed by atoms with Crippen LogP contribution in [0, 0.1) is 0 Å². The topological polar surface area (TPSA) is 18.5 Å². The third-order valence-corrected chi connectivity index (χ3v) is 2.21. The molecule has 0 saturated heterocycles. The number of methoxy groups -OCH3 is 2. The lowest BCUT2D eigenvalue weighted by molar-refractivity contribution is 0.112. The van der Waals surface area contributed by atoms with Gasteiger partial charge in [-0.1, -0.05) is 0 Å². The number of allylic oxidation sites excluding steroid dienone is 1. The van der Waals surface area contributed by atoms with Crippen molar-refractivity contribution in [3.8, 4) is 0 Å². The van der Waals surface area contributed by atoms with Crippen LogP contribution < -0.4 is 0 Å². The molecule has 0 aliphatic heterocycles. The lowest BCUT2D eigenvalue weighted by Gasteiger charge is -2.24. The Balaban J connectivity index is 2.63. The minimum Gasteiger partial charge on any atom is -0.497 e. The van der Waals surface area contributed by atoms with Gasteiger partial charge in [-0.3, -0.25) is 0 Å². The van der Waals surface area contributed by atoms with Crippen LogP contribution in [-0.4, -0.2) is 19.2 Å². The molecule has 2 nitrogen and oxygen atoms in total. The highest BCUT2D eigenvalue weighted by atomic mass is 32.1. The SMILES string of the molecule is COC1=CCC(S)(OC)C=C1. The van der Waals surface area contributed by atoms with Gasteiger partial charge in [-0.05, 0) is 18.2 Å². The summed E-state index contributed by atoms with van der Waals surface area (Å²) in [5.74, 6) is 0.867. The van der Waals surface area contributed by atoms with Gasteiger partial charge in [0.05, 0.1) is 7.11 Å². The van der Waals surface area contributed by atoms with E-state index in [4.69, 9.17) is 9.47 Å². The Kier molecular flexibility index (Phi) is 2.62. The molecule has 0 aromatic carbocycles. The number of ether oxygens (including phenoxy) is 2. The van der Waals surface area contributed by atoms with Gasteiger partial charge in [0, 0.05) is 13.5 Å². The van der Waals surface area contributed by atoms with Crippen molar-refractivity contribution in [1.82, 2.24) is 0 Å². The molecule has 3 heteroatoms. The zero-order valence-electron chi connectivity index (χ0n) is 6.70. The Bertz CT molecular complexity index is 198. The number of hydrogen-bond acceptors (Lipinski definition) is 3. The predicted molar refractivity (Wildman–Crippen MR) is 47.6 cm³/mol. The van der Waals surface area contributed by atoms with Gasteiger partial charge in [-0.25, -0.2) is 0 Å². The zero-order chi connectivity index (χ0) is 8.32. The van der Waals surface area contributed by atoms with Gasteiger partial charge in [0.25, 0.3) is 0 Å². The lowest BCUT2D eigenvalue weighted by Crippen LogP contribution is -2.22. The fraction of sp³-hybridized carbons (Fsp3) is 0.500. The molecular weight excluding hydrogens is 160 g/mol. The van der Waals surface area contributed by atoms with Crippen molar-refractivity contribution >= 4 is 12.6 Å². The highest BCUT2D eigenvalue weighted by Gasteiger charge is 2.22. The molecule has 1 aliphatic rings. The molecule has 1 rings (SSSR count). The molecule has 0 heterocycles. The Hall–Kier alpha value is -0.410. The average Bonchev–Trinajstić information content (AvgIpc) is 2.06. The molecule has 0 saturated carbocycles. The fourth-order valence-electron chi connectivity index (χ4n) is 0.898. The molecule has 1 atom stereocenters. The van der Waals surface area contributed by atoms with Gasteiger partial charge in [0.15, 0.2) is 0 Å². The van der Waals surface area contributed by atoms with Crippen molar-refractivity contribution in [3.63, 3.8) is 0 Å². The van der Waals surface area contributed by atoms with E-state index in [1.165, 1.54) is 0 Å². The molecule has 0 aromatic heterocycles. The molecule has 0 spiro atoms. The van der Waals surface area contributed by atoms with E-state index in [0.717, 1.165) is 12.2 Å². The number of hydrogen-bond donors (Lipinski definition) is 1. The molecule has 1 unspecified atom stereocenters. The average molecular weight is 172 g/mol. The van der Waals surface area contributed by atoms with E-state index in [-0.39, 0.29) is 0 Å². The van der Waals surface area contributed by atoms with Crippen LogP contribution in [0.25, 0.3) is 0 Å². The van der Waals surface area contributed by atoms with Crippen molar-refractivity contribution in [1.29, 1.82) is 0 Å². The van der Waals surface area contributed by atoms with Crippen LogP contribution in [0.15, 0.2) is 24.0 Å². The summed E-state index contributed by atoms with van der Waals surface area (Å²) in [7, 11) is 3.29. The maximum absolute atomic E-state index is 5.15. The molecule has 11 heavy (non-hydrogen) atoms. The second-order valence-corrected chi connectivity index (χ2v) is 3.15. The molecule has 1 aliphatic carbocycles. The molecule has 0 N–H and O–H groups in total. The summed E-state index contributed by atoms with van der Waals surface area (Å²) in [5, 5.41) is 0. The van der Waals surface area contributed by atoms with Gasteiger partial charge in [-0.15, -0.1) is 12.6 Å². The van der Waals surface area contributed by atoms with Crippen LogP contribution in [-0.2, 0) is 9.47 Å². The largest absolute Gasteiger partial charge is 0.497 e. The first-order valence-electron chi connectivity index (χ1n) is 3.41. The third-order valence-electron chi connectivity index (χ3n) is 1.69. The summed E-state index contributed by atoms with van der Waals surface area (Å²) in [6.45, 7) is 0. The van der Waals surface area contributed by atoms with E-state index in [2.05, 4.69) is 12.6 Å². The summed E-state index contributed by atoms with van der Waals surface area (Å²) < 4.78 is 10.2. The first-order valence-corrected chi connectivity index (χ1v) is 3.86. The second kappa shape index (κ2) is 3.32. The van der Waals surface area contributed by atoms with Gasteiger partial charge >= 0.3 is 0 Å². The Morgan fingerprint density at radius 1 is 1.55 bits per heavy atom.